The molecule has 0 aromatic rings. The normalized spacial score (nSPS) is 48.9. The van der Waals surface area contributed by atoms with Crippen LogP contribution in [0.1, 0.15) is 52.9 Å². The zero-order valence-electron chi connectivity index (χ0n) is 11.8. The number of ether oxygens (including phenoxy) is 2. The summed E-state index contributed by atoms with van der Waals surface area (Å²) in [4.78, 5) is 12.6. The zero-order chi connectivity index (χ0) is 13.0. The minimum Gasteiger partial charge on any atom is -0.350 e. The molecule has 3 aliphatic rings. The van der Waals surface area contributed by atoms with E-state index in [9.17, 15) is 4.79 Å². The lowest BCUT2D eigenvalue weighted by atomic mass is 9.59. The highest BCUT2D eigenvalue weighted by Crippen LogP contribution is 2.70. The Morgan fingerprint density at radius 1 is 1.17 bits per heavy atom. The van der Waals surface area contributed by atoms with E-state index in [4.69, 9.17) is 9.47 Å². The van der Waals surface area contributed by atoms with Gasteiger partial charge in [-0.2, -0.15) is 0 Å². The van der Waals surface area contributed by atoms with Crippen LogP contribution in [0.5, 0.6) is 0 Å². The summed E-state index contributed by atoms with van der Waals surface area (Å²) in [6.07, 6.45) is 4.92. The molecule has 1 aliphatic heterocycles. The molecule has 0 spiro atoms. The van der Waals surface area contributed by atoms with E-state index < -0.39 is 0 Å². The van der Waals surface area contributed by atoms with Gasteiger partial charge in [0, 0.05) is 18.3 Å². The van der Waals surface area contributed by atoms with Gasteiger partial charge < -0.3 is 9.47 Å². The number of rotatable bonds is 2. The molecule has 102 valence electrons. The van der Waals surface area contributed by atoms with Crippen LogP contribution in [-0.2, 0) is 14.3 Å². The summed E-state index contributed by atoms with van der Waals surface area (Å²) >= 11 is 0. The molecule has 0 amide bonds. The average Bonchev–Trinajstić information content (AvgIpc) is 2.91. The van der Waals surface area contributed by atoms with E-state index in [1.54, 1.807) is 0 Å². The number of carbonyl (C=O) groups excluding carboxylic acids is 1. The van der Waals surface area contributed by atoms with Gasteiger partial charge >= 0.3 is 0 Å². The first kappa shape index (κ1) is 12.6. The van der Waals surface area contributed by atoms with E-state index in [-0.39, 0.29) is 22.5 Å². The molecule has 3 atom stereocenters. The molecule has 3 fully saturated rings. The third-order valence-electron chi connectivity index (χ3n) is 6.39. The van der Waals surface area contributed by atoms with Crippen molar-refractivity contribution in [3.8, 4) is 0 Å². The number of hydrogen-bond donors (Lipinski definition) is 0. The van der Waals surface area contributed by atoms with Crippen LogP contribution in [0.2, 0.25) is 0 Å². The van der Waals surface area contributed by atoms with Crippen LogP contribution < -0.4 is 0 Å². The highest BCUT2D eigenvalue weighted by atomic mass is 16.7. The smallest absolute Gasteiger partial charge is 0.158 e. The van der Waals surface area contributed by atoms with Gasteiger partial charge in [0.1, 0.15) is 5.78 Å². The van der Waals surface area contributed by atoms with Crippen LogP contribution in [-0.4, -0.2) is 25.3 Å². The molecule has 0 radical (unpaired) electrons. The van der Waals surface area contributed by atoms with E-state index in [1.165, 1.54) is 19.3 Å². The van der Waals surface area contributed by atoms with Crippen molar-refractivity contribution in [2.45, 2.75) is 59.2 Å². The lowest BCUT2D eigenvalue weighted by Crippen LogP contribution is -2.43. The fourth-order valence-electron chi connectivity index (χ4n) is 4.69. The molecule has 0 bridgehead atoms. The molecule has 0 unspecified atom stereocenters. The second kappa shape index (κ2) is 3.80. The highest BCUT2D eigenvalue weighted by molar-refractivity contribution is 5.89. The van der Waals surface area contributed by atoms with Gasteiger partial charge in [-0.1, -0.05) is 27.2 Å². The predicted molar refractivity (Wildman–Crippen MR) is 68.1 cm³/mol. The van der Waals surface area contributed by atoms with Crippen molar-refractivity contribution in [1.29, 1.82) is 0 Å². The van der Waals surface area contributed by atoms with Crippen molar-refractivity contribution in [1.82, 2.24) is 0 Å². The van der Waals surface area contributed by atoms with Crippen LogP contribution in [0, 0.1) is 16.2 Å². The summed E-state index contributed by atoms with van der Waals surface area (Å²) in [6.45, 7) is 8.11. The zero-order valence-corrected chi connectivity index (χ0v) is 11.8. The second-order valence-corrected chi connectivity index (χ2v) is 7.05. The summed E-state index contributed by atoms with van der Waals surface area (Å²) in [5.74, 6) is 0.423. The van der Waals surface area contributed by atoms with E-state index in [0.717, 1.165) is 12.8 Å². The van der Waals surface area contributed by atoms with Crippen LogP contribution in [0.4, 0.5) is 0 Å². The summed E-state index contributed by atoms with van der Waals surface area (Å²) in [5, 5.41) is 0. The van der Waals surface area contributed by atoms with Gasteiger partial charge in [-0.3, -0.25) is 4.79 Å². The Labute approximate surface area is 109 Å². The molecular formula is C15H24O3. The lowest BCUT2D eigenvalue weighted by Gasteiger charge is -2.45. The minimum atomic E-state index is -0.271. The molecule has 1 saturated heterocycles. The number of hydrogen-bond acceptors (Lipinski definition) is 3. The summed E-state index contributed by atoms with van der Waals surface area (Å²) < 4.78 is 11.2. The van der Waals surface area contributed by atoms with Crippen molar-refractivity contribution >= 4 is 5.78 Å². The maximum absolute atomic E-state index is 12.6. The third-order valence-corrected chi connectivity index (χ3v) is 6.39. The maximum Gasteiger partial charge on any atom is 0.158 e. The van der Waals surface area contributed by atoms with Gasteiger partial charge in [0.2, 0.25) is 0 Å². The van der Waals surface area contributed by atoms with Crippen molar-refractivity contribution < 1.29 is 14.3 Å². The Morgan fingerprint density at radius 2 is 1.83 bits per heavy atom. The van der Waals surface area contributed by atoms with Gasteiger partial charge in [0.25, 0.3) is 0 Å². The van der Waals surface area contributed by atoms with Gasteiger partial charge in [-0.05, 0) is 23.7 Å². The first-order valence-electron chi connectivity index (χ1n) is 7.18. The van der Waals surface area contributed by atoms with Gasteiger partial charge in [-0.15, -0.1) is 0 Å². The number of fused-ring (bicyclic) bond motifs is 1. The third kappa shape index (κ3) is 1.41. The van der Waals surface area contributed by atoms with Crippen LogP contribution in [0.25, 0.3) is 0 Å². The van der Waals surface area contributed by atoms with Crippen LogP contribution >= 0.6 is 0 Å². The minimum absolute atomic E-state index is 0.117. The number of Topliss-reactive ketones (excluding diaryl/α,β-unsaturated/α-hetero) is 1. The Hall–Kier alpha value is -0.410. The first-order valence-corrected chi connectivity index (χ1v) is 7.18. The summed E-state index contributed by atoms with van der Waals surface area (Å²) in [5.41, 5.74) is 0.0388. The Kier molecular flexibility index (Phi) is 2.66. The van der Waals surface area contributed by atoms with Crippen LogP contribution in [0.3, 0.4) is 0 Å². The first-order chi connectivity index (χ1) is 8.41. The average molecular weight is 252 g/mol. The summed E-state index contributed by atoms with van der Waals surface area (Å²) in [6, 6.07) is 0. The molecular weight excluding hydrogens is 228 g/mol. The van der Waals surface area contributed by atoms with Gasteiger partial charge in [0.05, 0.1) is 13.2 Å². The molecule has 3 nitrogen and oxygen atoms in total. The predicted octanol–water partition coefficient (Wildman–Crippen LogP) is 2.93. The second-order valence-electron chi connectivity index (χ2n) is 7.05. The Bertz CT molecular complexity index is 374. The fraction of sp³-hybridized carbons (Fsp3) is 0.933. The largest absolute Gasteiger partial charge is 0.350 e. The van der Waals surface area contributed by atoms with Crippen molar-refractivity contribution in [3.05, 3.63) is 0 Å². The van der Waals surface area contributed by atoms with Crippen LogP contribution in [0.15, 0.2) is 0 Å². The monoisotopic (exact) mass is 252 g/mol. The molecule has 3 rings (SSSR count). The molecule has 0 aromatic carbocycles. The van der Waals surface area contributed by atoms with E-state index in [0.29, 0.717) is 19.0 Å². The molecule has 0 aromatic heterocycles. The maximum atomic E-state index is 12.6. The van der Waals surface area contributed by atoms with Gasteiger partial charge in [-0.25, -0.2) is 0 Å². The number of ketones is 1. The molecule has 3 heteroatoms. The standard InChI is InChI=1S/C15H24O3/c1-13-5-4-6-15(13,3)14(2,11(16)9-13)10-12-17-7-8-18-12/h12H,4-10H2,1-3H3/t13-,14+,15-/m0/s1. The Morgan fingerprint density at radius 3 is 2.50 bits per heavy atom. The SMILES string of the molecule is C[C@@]12CCC[C@]1(C)[C@](C)(CC1OCCO1)C(=O)C2. The Balaban J connectivity index is 1.91. The van der Waals surface area contributed by atoms with E-state index >= 15 is 0 Å². The van der Waals surface area contributed by atoms with Gasteiger partial charge in [0.15, 0.2) is 6.29 Å². The highest BCUT2D eigenvalue weighted by Gasteiger charge is 2.67. The fourth-order valence-corrected chi connectivity index (χ4v) is 4.69. The topological polar surface area (TPSA) is 35.5 Å². The molecule has 0 N–H and O–H groups in total. The van der Waals surface area contributed by atoms with Crippen molar-refractivity contribution in [2.24, 2.45) is 16.2 Å². The lowest BCUT2D eigenvalue weighted by molar-refractivity contribution is -0.139. The quantitative estimate of drug-likeness (QED) is 0.758. The van der Waals surface area contributed by atoms with E-state index in [1.807, 2.05) is 0 Å². The molecule has 1 heterocycles. The number of carbonyl (C=O) groups is 1. The van der Waals surface area contributed by atoms with Crippen molar-refractivity contribution in [3.63, 3.8) is 0 Å². The molecule has 18 heavy (non-hydrogen) atoms. The van der Waals surface area contributed by atoms with E-state index in [2.05, 4.69) is 20.8 Å². The van der Waals surface area contributed by atoms with Crippen molar-refractivity contribution in [2.75, 3.05) is 13.2 Å². The molecule has 2 saturated carbocycles. The molecule has 2 aliphatic carbocycles. The summed E-state index contributed by atoms with van der Waals surface area (Å²) in [7, 11) is 0.